The van der Waals surface area contributed by atoms with Crippen molar-refractivity contribution in [1.82, 2.24) is 4.90 Å². The van der Waals surface area contributed by atoms with Crippen LogP contribution in [0.5, 0.6) is 5.75 Å². The highest BCUT2D eigenvalue weighted by Gasteiger charge is 2.17. The summed E-state index contributed by atoms with van der Waals surface area (Å²) in [6, 6.07) is 7.97. The van der Waals surface area contributed by atoms with Crippen LogP contribution in [-0.4, -0.2) is 55.9 Å². The molecule has 0 radical (unpaired) electrons. The molecule has 1 aromatic carbocycles. The number of rotatable bonds is 9. The SMILES string of the molecule is COCCN(CC(=O)O)C(C)Cc1ccc(OC)cc1. The summed E-state index contributed by atoms with van der Waals surface area (Å²) in [5.41, 5.74) is 1.16. The van der Waals surface area contributed by atoms with E-state index >= 15 is 0 Å². The summed E-state index contributed by atoms with van der Waals surface area (Å²) in [7, 11) is 3.25. The van der Waals surface area contributed by atoms with E-state index in [0.717, 1.165) is 17.7 Å². The second-order valence-electron chi connectivity index (χ2n) is 4.76. The molecule has 1 rings (SSSR count). The average molecular weight is 281 g/mol. The first kappa shape index (κ1) is 16.5. The maximum atomic E-state index is 10.9. The highest BCUT2D eigenvalue weighted by atomic mass is 16.5. The molecule has 0 aromatic heterocycles. The highest BCUT2D eigenvalue weighted by Crippen LogP contribution is 2.14. The molecule has 1 atom stereocenters. The Morgan fingerprint density at radius 2 is 1.95 bits per heavy atom. The van der Waals surface area contributed by atoms with Crippen molar-refractivity contribution in [2.45, 2.75) is 19.4 Å². The Hall–Kier alpha value is -1.59. The zero-order chi connectivity index (χ0) is 15.0. The Labute approximate surface area is 120 Å². The summed E-state index contributed by atoms with van der Waals surface area (Å²) in [5.74, 6) is 0.00543. The molecule has 5 nitrogen and oxygen atoms in total. The lowest BCUT2D eigenvalue weighted by Crippen LogP contribution is -2.40. The standard InChI is InChI=1S/C15H23NO4/c1-12(16(8-9-19-2)11-15(17)18)10-13-4-6-14(20-3)7-5-13/h4-7,12H,8-11H2,1-3H3,(H,17,18). The van der Waals surface area contributed by atoms with Crippen LogP contribution >= 0.6 is 0 Å². The first-order valence-corrected chi connectivity index (χ1v) is 6.64. The number of ether oxygens (including phenoxy) is 2. The van der Waals surface area contributed by atoms with Gasteiger partial charge in [0.1, 0.15) is 5.75 Å². The van der Waals surface area contributed by atoms with Crippen LogP contribution in [0.25, 0.3) is 0 Å². The molecule has 0 bridgehead atoms. The molecule has 1 aromatic rings. The van der Waals surface area contributed by atoms with Gasteiger partial charge in [-0.1, -0.05) is 12.1 Å². The third-order valence-corrected chi connectivity index (χ3v) is 3.23. The monoisotopic (exact) mass is 281 g/mol. The fourth-order valence-corrected chi connectivity index (χ4v) is 2.07. The highest BCUT2D eigenvalue weighted by molar-refractivity contribution is 5.69. The number of aliphatic carboxylic acids is 1. The van der Waals surface area contributed by atoms with Crippen molar-refractivity contribution < 1.29 is 19.4 Å². The fraction of sp³-hybridized carbons (Fsp3) is 0.533. The molecular formula is C15H23NO4. The van der Waals surface area contributed by atoms with Gasteiger partial charge >= 0.3 is 5.97 Å². The number of hydrogen-bond acceptors (Lipinski definition) is 4. The molecule has 0 saturated carbocycles. The van der Waals surface area contributed by atoms with Gasteiger partial charge in [-0.05, 0) is 31.0 Å². The maximum absolute atomic E-state index is 10.9. The minimum atomic E-state index is -0.817. The van der Waals surface area contributed by atoms with Crippen molar-refractivity contribution in [3.05, 3.63) is 29.8 Å². The molecule has 1 unspecified atom stereocenters. The van der Waals surface area contributed by atoms with E-state index < -0.39 is 5.97 Å². The first-order chi connectivity index (χ1) is 9.56. The number of hydrogen-bond donors (Lipinski definition) is 1. The Bertz CT molecular complexity index is 405. The number of methoxy groups -OCH3 is 2. The zero-order valence-electron chi connectivity index (χ0n) is 12.3. The molecule has 0 fully saturated rings. The lowest BCUT2D eigenvalue weighted by atomic mass is 10.1. The molecule has 0 amide bonds. The van der Waals surface area contributed by atoms with Gasteiger partial charge in [0.25, 0.3) is 0 Å². The van der Waals surface area contributed by atoms with Crippen LogP contribution in [0.3, 0.4) is 0 Å². The third kappa shape index (κ3) is 5.59. The van der Waals surface area contributed by atoms with E-state index in [9.17, 15) is 4.79 Å². The van der Waals surface area contributed by atoms with Gasteiger partial charge in [-0.15, -0.1) is 0 Å². The molecule has 1 N–H and O–H groups in total. The van der Waals surface area contributed by atoms with E-state index in [2.05, 4.69) is 0 Å². The van der Waals surface area contributed by atoms with E-state index in [1.54, 1.807) is 14.2 Å². The van der Waals surface area contributed by atoms with Crippen LogP contribution in [0.2, 0.25) is 0 Å². The van der Waals surface area contributed by atoms with Gasteiger partial charge in [-0.25, -0.2) is 0 Å². The predicted octanol–water partition coefficient (Wildman–Crippen LogP) is 1.66. The minimum Gasteiger partial charge on any atom is -0.497 e. The fourth-order valence-electron chi connectivity index (χ4n) is 2.07. The normalized spacial score (nSPS) is 12.4. The van der Waals surface area contributed by atoms with Crippen molar-refractivity contribution in [2.24, 2.45) is 0 Å². The van der Waals surface area contributed by atoms with Crippen LogP contribution < -0.4 is 4.74 Å². The molecule has 5 heteroatoms. The predicted molar refractivity (Wildman–Crippen MR) is 77.2 cm³/mol. The Morgan fingerprint density at radius 1 is 1.30 bits per heavy atom. The van der Waals surface area contributed by atoms with Gasteiger partial charge in [0, 0.05) is 19.7 Å². The molecule has 0 spiro atoms. The quantitative estimate of drug-likeness (QED) is 0.746. The molecular weight excluding hydrogens is 258 g/mol. The summed E-state index contributed by atoms with van der Waals surface area (Å²) in [4.78, 5) is 12.8. The van der Waals surface area contributed by atoms with Gasteiger partial charge in [0.2, 0.25) is 0 Å². The molecule has 20 heavy (non-hydrogen) atoms. The number of nitrogens with zero attached hydrogens (tertiary/aromatic N) is 1. The van der Waals surface area contributed by atoms with Crippen LogP contribution in [0.4, 0.5) is 0 Å². The second kappa shape index (κ2) is 8.55. The second-order valence-corrected chi connectivity index (χ2v) is 4.76. The number of carbonyl (C=O) groups is 1. The van der Waals surface area contributed by atoms with Gasteiger partial charge in [0.05, 0.1) is 20.3 Å². The maximum Gasteiger partial charge on any atom is 0.317 e. The van der Waals surface area contributed by atoms with Crippen molar-refractivity contribution in [3.63, 3.8) is 0 Å². The zero-order valence-corrected chi connectivity index (χ0v) is 12.3. The molecule has 0 aliphatic heterocycles. The van der Waals surface area contributed by atoms with E-state index in [-0.39, 0.29) is 12.6 Å². The van der Waals surface area contributed by atoms with Crippen molar-refractivity contribution in [1.29, 1.82) is 0 Å². The molecule has 0 aliphatic rings. The van der Waals surface area contributed by atoms with Crippen molar-refractivity contribution in [2.75, 3.05) is 33.9 Å². The van der Waals surface area contributed by atoms with E-state index in [0.29, 0.717) is 13.2 Å². The average Bonchev–Trinajstić information content (AvgIpc) is 2.43. The van der Waals surface area contributed by atoms with Crippen LogP contribution in [0, 0.1) is 0 Å². The topological polar surface area (TPSA) is 59.0 Å². The minimum absolute atomic E-state index is 0.0285. The van der Waals surface area contributed by atoms with E-state index in [1.165, 1.54) is 0 Å². The number of carboxylic acids is 1. The van der Waals surface area contributed by atoms with Crippen LogP contribution in [0.1, 0.15) is 12.5 Å². The summed E-state index contributed by atoms with van der Waals surface area (Å²) in [6.07, 6.45) is 0.793. The lowest BCUT2D eigenvalue weighted by Gasteiger charge is -2.27. The molecule has 112 valence electrons. The summed E-state index contributed by atoms with van der Waals surface area (Å²) in [6.45, 7) is 3.20. The Morgan fingerprint density at radius 3 is 2.45 bits per heavy atom. The summed E-state index contributed by atoms with van der Waals surface area (Å²) in [5, 5.41) is 8.97. The Balaban J connectivity index is 2.62. The van der Waals surface area contributed by atoms with Gasteiger partial charge in [-0.2, -0.15) is 0 Å². The van der Waals surface area contributed by atoms with Gasteiger partial charge in [0.15, 0.2) is 0 Å². The van der Waals surface area contributed by atoms with Gasteiger partial charge in [-0.3, -0.25) is 9.69 Å². The van der Waals surface area contributed by atoms with Crippen molar-refractivity contribution >= 4 is 5.97 Å². The largest absolute Gasteiger partial charge is 0.497 e. The van der Waals surface area contributed by atoms with Gasteiger partial charge < -0.3 is 14.6 Å². The molecule has 0 heterocycles. The molecule has 0 aliphatic carbocycles. The van der Waals surface area contributed by atoms with Crippen LogP contribution in [0.15, 0.2) is 24.3 Å². The summed E-state index contributed by atoms with van der Waals surface area (Å²) < 4.78 is 10.2. The lowest BCUT2D eigenvalue weighted by molar-refractivity contribution is -0.139. The van der Waals surface area contributed by atoms with Crippen LogP contribution in [-0.2, 0) is 16.0 Å². The Kier molecular flexibility index (Phi) is 7.04. The number of carboxylic acid groups (broad SMARTS) is 1. The smallest absolute Gasteiger partial charge is 0.317 e. The van der Waals surface area contributed by atoms with E-state index in [4.69, 9.17) is 14.6 Å². The van der Waals surface area contributed by atoms with E-state index in [1.807, 2.05) is 36.1 Å². The number of benzene rings is 1. The molecule has 0 saturated heterocycles. The third-order valence-electron chi connectivity index (χ3n) is 3.23. The van der Waals surface area contributed by atoms with Crippen molar-refractivity contribution in [3.8, 4) is 5.75 Å². The summed E-state index contributed by atoms with van der Waals surface area (Å²) >= 11 is 0. The first-order valence-electron chi connectivity index (χ1n) is 6.64.